The van der Waals surface area contributed by atoms with Crippen LogP contribution in [0.2, 0.25) is 0 Å². The third-order valence-electron chi connectivity index (χ3n) is 3.98. The summed E-state index contributed by atoms with van der Waals surface area (Å²) in [6, 6.07) is 0. The van der Waals surface area contributed by atoms with Crippen LogP contribution in [0.1, 0.15) is 33.0 Å². The van der Waals surface area contributed by atoms with E-state index < -0.39 is 0 Å². The third kappa shape index (κ3) is 2.57. The molecular weight excluding hydrogens is 228 g/mol. The van der Waals surface area contributed by atoms with Gasteiger partial charge in [0.2, 0.25) is 0 Å². The first kappa shape index (κ1) is 13.5. The van der Waals surface area contributed by atoms with Gasteiger partial charge in [0.25, 0.3) is 0 Å². The van der Waals surface area contributed by atoms with Gasteiger partial charge in [-0.05, 0) is 19.3 Å². The van der Waals surface area contributed by atoms with Gasteiger partial charge in [0.05, 0.1) is 6.10 Å². The van der Waals surface area contributed by atoms with E-state index in [2.05, 4.69) is 30.9 Å². The van der Waals surface area contributed by atoms with Crippen molar-refractivity contribution < 1.29 is 4.74 Å². The van der Waals surface area contributed by atoms with Crippen molar-refractivity contribution in [3.8, 4) is 0 Å². The minimum Gasteiger partial charge on any atom is -0.378 e. The molecule has 0 bridgehead atoms. The highest BCUT2D eigenvalue weighted by Crippen LogP contribution is 2.36. The summed E-state index contributed by atoms with van der Waals surface area (Å²) < 4.78 is 7.70. The molecule has 5 heteroatoms. The summed E-state index contributed by atoms with van der Waals surface area (Å²) in [6.45, 7) is 8.84. The first-order valence-electron chi connectivity index (χ1n) is 6.76. The smallest absolute Gasteiger partial charge is 0.138 e. The van der Waals surface area contributed by atoms with Gasteiger partial charge in [0.15, 0.2) is 0 Å². The van der Waals surface area contributed by atoms with Gasteiger partial charge in [-0.15, -0.1) is 0 Å². The fourth-order valence-corrected chi connectivity index (χ4v) is 2.63. The number of hydrogen-bond donors (Lipinski definition) is 1. The Labute approximate surface area is 109 Å². The van der Waals surface area contributed by atoms with Gasteiger partial charge in [0, 0.05) is 31.5 Å². The summed E-state index contributed by atoms with van der Waals surface area (Å²) in [6.07, 6.45) is 3.71. The van der Waals surface area contributed by atoms with Crippen LogP contribution < -0.4 is 5.73 Å². The van der Waals surface area contributed by atoms with Crippen LogP contribution in [0.5, 0.6) is 0 Å². The lowest BCUT2D eigenvalue weighted by Gasteiger charge is -2.30. The monoisotopic (exact) mass is 252 g/mol. The molecule has 5 nitrogen and oxygen atoms in total. The molecule has 0 radical (unpaired) electrons. The normalized spacial score (nSPS) is 28.2. The molecule has 0 amide bonds. The Morgan fingerprint density at radius 2 is 2.39 bits per heavy atom. The minimum atomic E-state index is 0.0295. The average molecular weight is 252 g/mol. The molecule has 102 valence electrons. The van der Waals surface area contributed by atoms with Gasteiger partial charge in [-0.25, -0.2) is 9.67 Å². The first-order chi connectivity index (χ1) is 8.57. The molecule has 18 heavy (non-hydrogen) atoms. The number of hydrogen-bond acceptors (Lipinski definition) is 4. The highest BCUT2D eigenvalue weighted by atomic mass is 16.5. The van der Waals surface area contributed by atoms with Gasteiger partial charge < -0.3 is 10.5 Å². The van der Waals surface area contributed by atoms with E-state index in [1.165, 1.54) is 0 Å². The van der Waals surface area contributed by atoms with E-state index in [0.29, 0.717) is 12.5 Å². The Bertz CT molecular complexity index is 390. The molecule has 0 aliphatic carbocycles. The third-order valence-corrected chi connectivity index (χ3v) is 3.98. The lowest BCUT2D eigenvalue weighted by atomic mass is 9.78. The Kier molecular flexibility index (Phi) is 4.02. The maximum atomic E-state index is 5.99. The predicted octanol–water partition coefficient (Wildman–Crippen LogP) is 1.23. The summed E-state index contributed by atoms with van der Waals surface area (Å²) >= 11 is 0. The Hall–Kier alpha value is -0.940. The Balaban J connectivity index is 2.15. The first-order valence-corrected chi connectivity index (χ1v) is 6.76. The molecule has 1 aliphatic rings. The van der Waals surface area contributed by atoms with Crippen molar-refractivity contribution in [2.24, 2.45) is 17.1 Å². The van der Waals surface area contributed by atoms with Crippen molar-refractivity contribution in [3.63, 3.8) is 0 Å². The van der Waals surface area contributed by atoms with Gasteiger partial charge in [-0.1, -0.05) is 13.8 Å². The summed E-state index contributed by atoms with van der Waals surface area (Å²) in [5.41, 5.74) is 6.02. The molecule has 1 aliphatic heterocycles. The average Bonchev–Trinajstić information content (AvgIpc) is 2.88. The zero-order chi connectivity index (χ0) is 13.2. The van der Waals surface area contributed by atoms with E-state index in [1.54, 1.807) is 6.33 Å². The van der Waals surface area contributed by atoms with Crippen LogP contribution in [0, 0.1) is 11.3 Å². The number of aromatic nitrogens is 3. The lowest BCUT2D eigenvalue weighted by Crippen LogP contribution is -2.39. The molecule has 1 fully saturated rings. The Morgan fingerprint density at radius 3 is 2.94 bits per heavy atom. The van der Waals surface area contributed by atoms with E-state index in [1.807, 2.05) is 4.68 Å². The van der Waals surface area contributed by atoms with Crippen LogP contribution >= 0.6 is 0 Å². The molecule has 0 aromatic carbocycles. The van der Waals surface area contributed by atoms with E-state index in [9.17, 15) is 0 Å². The van der Waals surface area contributed by atoms with Crippen molar-refractivity contribution in [2.75, 3.05) is 13.2 Å². The Morgan fingerprint density at radius 1 is 1.61 bits per heavy atom. The lowest BCUT2D eigenvalue weighted by molar-refractivity contribution is 0.0658. The van der Waals surface area contributed by atoms with E-state index in [4.69, 9.17) is 10.5 Å². The van der Waals surface area contributed by atoms with E-state index in [-0.39, 0.29) is 11.5 Å². The molecule has 2 N–H and O–H groups in total. The molecule has 2 rings (SSSR count). The molecule has 2 heterocycles. The molecular formula is C13H24N4O. The molecule has 1 saturated heterocycles. The molecule has 0 saturated carbocycles. The van der Waals surface area contributed by atoms with Crippen molar-refractivity contribution in [3.05, 3.63) is 12.2 Å². The molecule has 0 spiro atoms. The number of nitrogens with zero attached hydrogens (tertiary/aromatic N) is 3. The summed E-state index contributed by atoms with van der Waals surface area (Å²) in [5, 5.41) is 4.31. The molecule has 1 aromatic heterocycles. The number of nitrogens with two attached hydrogens (primary N) is 1. The van der Waals surface area contributed by atoms with Crippen LogP contribution in [-0.2, 0) is 17.7 Å². The largest absolute Gasteiger partial charge is 0.378 e. The number of rotatable bonds is 5. The second-order valence-corrected chi connectivity index (χ2v) is 5.76. The highest BCUT2D eigenvalue weighted by molar-refractivity contribution is 5.00. The topological polar surface area (TPSA) is 66.0 Å². The zero-order valence-electron chi connectivity index (χ0n) is 11.6. The highest BCUT2D eigenvalue weighted by Gasteiger charge is 2.41. The molecule has 2 atom stereocenters. The summed E-state index contributed by atoms with van der Waals surface area (Å²) in [5.74, 6) is 1.60. The summed E-state index contributed by atoms with van der Waals surface area (Å²) in [4.78, 5) is 4.40. The number of ether oxygens (including phenoxy) is 1. The predicted molar refractivity (Wildman–Crippen MR) is 70.1 cm³/mol. The van der Waals surface area contributed by atoms with Crippen LogP contribution in [0.25, 0.3) is 0 Å². The van der Waals surface area contributed by atoms with Crippen molar-refractivity contribution in [2.45, 2.75) is 46.3 Å². The van der Waals surface area contributed by atoms with Crippen molar-refractivity contribution in [1.82, 2.24) is 14.8 Å². The van der Waals surface area contributed by atoms with Crippen molar-refractivity contribution in [1.29, 1.82) is 0 Å². The maximum absolute atomic E-state index is 5.99. The quantitative estimate of drug-likeness (QED) is 0.856. The zero-order valence-corrected chi connectivity index (χ0v) is 11.6. The minimum absolute atomic E-state index is 0.0295. The van der Waals surface area contributed by atoms with Crippen LogP contribution in [0.3, 0.4) is 0 Å². The van der Waals surface area contributed by atoms with E-state index >= 15 is 0 Å². The van der Waals surface area contributed by atoms with Crippen LogP contribution in [-0.4, -0.2) is 34.0 Å². The summed E-state index contributed by atoms with van der Waals surface area (Å²) in [7, 11) is 0. The van der Waals surface area contributed by atoms with Gasteiger partial charge >= 0.3 is 0 Å². The second kappa shape index (κ2) is 5.36. The van der Waals surface area contributed by atoms with Gasteiger partial charge in [-0.3, -0.25) is 0 Å². The van der Waals surface area contributed by atoms with Crippen molar-refractivity contribution >= 4 is 0 Å². The SMILES string of the molecule is CC(C)Cn1ncnc1CC1(CN)CCOC1C. The van der Waals surface area contributed by atoms with Gasteiger partial charge in [0.1, 0.15) is 12.2 Å². The van der Waals surface area contributed by atoms with E-state index in [0.717, 1.165) is 31.8 Å². The molecule has 1 aromatic rings. The maximum Gasteiger partial charge on any atom is 0.138 e. The fraction of sp³-hybridized carbons (Fsp3) is 0.846. The van der Waals surface area contributed by atoms with Crippen LogP contribution in [0.15, 0.2) is 6.33 Å². The van der Waals surface area contributed by atoms with Crippen LogP contribution in [0.4, 0.5) is 0 Å². The standard InChI is InChI=1S/C13H24N4O/c1-10(2)7-17-12(15-9-16-17)6-13(8-14)4-5-18-11(13)3/h9-11H,4-8,14H2,1-3H3. The van der Waals surface area contributed by atoms with Gasteiger partial charge in [-0.2, -0.15) is 5.10 Å². The second-order valence-electron chi connectivity index (χ2n) is 5.76. The fourth-order valence-electron chi connectivity index (χ4n) is 2.63. The molecule has 2 unspecified atom stereocenters.